The van der Waals surface area contributed by atoms with Gasteiger partial charge in [0.05, 0.1) is 6.61 Å². The highest BCUT2D eigenvalue weighted by Crippen LogP contribution is 2.22. The maximum Gasteiger partial charge on any atom is 0.119 e. The monoisotopic (exact) mass is 238 g/mol. The summed E-state index contributed by atoms with van der Waals surface area (Å²) in [5, 5.41) is 0. The average Bonchev–Trinajstić information content (AvgIpc) is 2.41. The van der Waals surface area contributed by atoms with Gasteiger partial charge in [-0.3, -0.25) is 0 Å². The number of hydrogen-bond acceptors (Lipinski definition) is 1. The molecule has 2 rings (SSSR count). The van der Waals surface area contributed by atoms with Gasteiger partial charge in [0.1, 0.15) is 5.75 Å². The van der Waals surface area contributed by atoms with E-state index in [9.17, 15) is 0 Å². The Bertz CT molecular complexity index is 494. The number of benzene rings is 2. The van der Waals surface area contributed by atoms with Gasteiger partial charge in [-0.1, -0.05) is 48.0 Å². The first-order valence-electron chi connectivity index (χ1n) is 6.20. The first-order chi connectivity index (χ1) is 8.79. The van der Waals surface area contributed by atoms with Crippen LogP contribution >= 0.6 is 0 Å². The SMILES string of the molecule is C=CCCOc1ccc(-c2ccc(C)cc2)cc1. The molecule has 2 aromatic rings. The highest BCUT2D eigenvalue weighted by Gasteiger charge is 1.98. The zero-order valence-corrected chi connectivity index (χ0v) is 10.7. The lowest BCUT2D eigenvalue weighted by atomic mass is 10.0. The Morgan fingerprint density at radius 2 is 1.50 bits per heavy atom. The fourth-order valence-electron chi connectivity index (χ4n) is 1.75. The van der Waals surface area contributed by atoms with Gasteiger partial charge in [0.2, 0.25) is 0 Å². The lowest BCUT2D eigenvalue weighted by Gasteiger charge is -2.06. The second-order valence-corrected chi connectivity index (χ2v) is 4.32. The highest BCUT2D eigenvalue weighted by molar-refractivity contribution is 5.64. The van der Waals surface area contributed by atoms with Crippen molar-refractivity contribution in [1.29, 1.82) is 0 Å². The number of aryl methyl sites for hydroxylation is 1. The highest BCUT2D eigenvalue weighted by atomic mass is 16.5. The van der Waals surface area contributed by atoms with E-state index < -0.39 is 0 Å². The molecule has 0 saturated heterocycles. The van der Waals surface area contributed by atoms with E-state index in [4.69, 9.17) is 4.74 Å². The van der Waals surface area contributed by atoms with Crippen molar-refractivity contribution >= 4 is 0 Å². The van der Waals surface area contributed by atoms with E-state index in [-0.39, 0.29) is 0 Å². The lowest BCUT2D eigenvalue weighted by Crippen LogP contribution is -1.94. The summed E-state index contributed by atoms with van der Waals surface area (Å²) in [6, 6.07) is 16.7. The number of rotatable bonds is 5. The third kappa shape index (κ3) is 3.24. The molecule has 1 heteroatoms. The first kappa shape index (κ1) is 12.4. The van der Waals surface area contributed by atoms with Crippen molar-refractivity contribution in [3.8, 4) is 16.9 Å². The van der Waals surface area contributed by atoms with Crippen molar-refractivity contribution in [2.24, 2.45) is 0 Å². The van der Waals surface area contributed by atoms with Gasteiger partial charge < -0.3 is 4.74 Å². The molecule has 0 amide bonds. The van der Waals surface area contributed by atoms with Crippen LogP contribution in [0.25, 0.3) is 11.1 Å². The number of hydrogen-bond donors (Lipinski definition) is 0. The zero-order valence-electron chi connectivity index (χ0n) is 10.7. The molecule has 1 nitrogen and oxygen atoms in total. The summed E-state index contributed by atoms with van der Waals surface area (Å²) in [6.45, 7) is 6.46. The van der Waals surface area contributed by atoms with Crippen LogP contribution in [0.3, 0.4) is 0 Å². The molecule has 2 aromatic carbocycles. The van der Waals surface area contributed by atoms with Crippen molar-refractivity contribution in [3.63, 3.8) is 0 Å². The minimum Gasteiger partial charge on any atom is -0.493 e. The van der Waals surface area contributed by atoms with Crippen molar-refractivity contribution in [2.75, 3.05) is 6.61 Å². The molecule has 0 fully saturated rings. The predicted octanol–water partition coefficient (Wildman–Crippen LogP) is 4.62. The van der Waals surface area contributed by atoms with E-state index in [1.54, 1.807) is 0 Å². The van der Waals surface area contributed by atoms with Gasteiger partial charge >= 0.3 is 0 Å². The Morgan fingerprint density at radius 1 is 0.944 bits per heavy atom. The van der Waals surface area contributed by atoms with Crippen LogP contribution in [0, 0.1) is 6.92 Å². The second-order valence-electron chi connectivity index (χ2n) is 4.32. The molecule has 0 aromatic heterocycles. The maximum atomic E-state index is 5.59. The Kier molecular flexibility index (Phi) is 4.19. The summed E-state index contributed by atoms with van der Waals surface area (Å²) < 4.78 is 5.59. The van der Waals surface area contributed by atoms with E-state index in [0.717, 1.165) is 12.2 Å². The topological polar surface area (TPSA) is 9.23 Å². The van der Waals surface area contributed by atoms with Crippen LogP contribution in [0.2, 0.25) is 0 Å². The molecule has 0 atom stereocenters. The van der Waals surface area contributed by atoms with E-state index in [1.807, 2.05) is 18.2 Å². The smallest absolute Gasteiger partial charge is 0.119 e. The standard InChI is InChI=1S/C17H18O/c1-3-4-13-18-17-11-9-16(10-12-17)15-7-5-14(2)6-8-15/h3,5-12H,1,4,13H2,2H3. The molecule has 0 aliphatic carbocycles. The van der Waals surface area contributed by atoms with Gasteiger partial charge in [0.15, 0.2) is 0 Å². The Labute approximate surface area is 109 Å². The van der Waals surface area contributed by atoms with Crippen LogP contribution < -0.4 is 4.74 Å². The van der Waals surface area contributed by atoms with Gasteiger partial charge in [-0.2, -0.15) is 0 Å². The molecular formula is C17H18O. The van der Waals surface area contributed by atoms with Crippen LogP contribution in [0.4, 0.5) is 0 Å². The van der Waals surface area contributed by atoms with Crippen molar-refractivity contribution in [3.05, 3.63) is 66.7 Å². The summed E-state index contributed by atoms with van der Waals surface area (Å²) in [5.41, 5.74) is 3.73. The molecule has 0 bridgehead atoms. The van der Waals surface area contributed by atoms with E-state index >= 15 is 0 Å². The molecule has 92 valence electrons. The van der Waals surface area contributed by atoms with Crippen LogP contribution in [0.15, 0.2) is 61.2 Å². The minimum absolute atomic E-state index is 0.688. The summed E-state index contributed by atoms with van der Waals surface area (Å²) in [5.74, 6) is 0.910. The summed E-state index contributed by atoms with van der Waals surface area (Å²) >= 11 is 0. The van der Waals surface area contributed by atoms with Gasteiger partial charge in [0, 0.05) is 0 Å². The minimum atomic E-state index is 0.688. The molecule has 0 spiro atoms. The molecular weight excluding hydrogens is 220 g/mol. The Hall–Kier alpha value is -2.02. The zero-order chi connectivity index (χ0) is 12.8. The second kappa shape index (κ2) is 6.06. The lowest BCUT2D eigenvalue weighted by molar-refractivity contribution is 0.325. The third-order valence-corrected chi connectivity index (χ3v) is 2.83. The summed E-state index contributed by atoms with van der Waals surface area (Å²) in [7, 11) is 0. The largest absolute Gasteiger partial charge is 0.493 e. The van der Waals surface area contributed by atoms with E-state index in [1.165, 1.54) is 16.7 Å². The van der Waals surface area contributed by atoms with Crippen molar-refractivity contribution < 1.29 is 4.74 Å². The molecule has 0 aliphatic heterocycles. The van der Waals surface area contributed by atoms with Crippen molar-refractivity contribution in [1.82, 2.24) is 0 Å². The van der Waals surface area contributed by atoms with Gasteiger partial charge in [0.25, 0.3) is 0 Å². The fraction of sp³-hybridized carbons (Fsp3) is 0.176. The fourth-order valence-corrected chi connectivity index (χ4v) is 1.75. The first-order valence-corrected chi connectivity index (χ1v) is 6.20. The molecule has 0 saturated carbocycles. The van der Waals surface area contributed by atoms with Crippen LogP contribution in [0.1, 0.15) is 12.0 Å². The van der Waals surface area contributed by atoms with E-state index in [2.05, 4.69) is 49.9 Å². The average molecular weight is 238 g/mol. The van der Waals surface area contributed by atoms with E-state index in [0.29, 0.717) is 6.61 Å². The normalized spacial score (nSPS) is 10.1. The van der Waals surface area contributed by atoms with Crippen LogP contribution in [0.5, 0.6) is 5.75 Å². The molecule has 0 aliphatic rings. The molecule has 0 heterocycles. The Morgan fingerprint density at radius 3 is 2.06 bits per heavy atom. The van der Waals surface area contributed by atoms with Gasteiger partial charge in [-0.15, -0.1) is 6.58 Å². The molecule has 0 radical (unpaired) electrons. The molecule has 0 unspecified atom stereocenters. The van der Waals surface area contributed by atoms with Gasteiger partial charge in [-0.05, 0) is 36.6 Å². The van der Waals surface area contributed by atoms with Gasteiger partial charge in [-0.25, -0.2) is 0 Å². The predicted molar refractivity (Wildman–Crippen MR) is 76.9 cm³/mol. The number of ether oxygens (including phenoxy) is 1. The third-order valence-electron chi connectivity index (χ3n) is 2.83. The summed E-state index contributed by atoms with van der Waals surface area (Å²) in [4.78, 5) is 0. The van der Waals surface area contributed by atoms with Crippen LogP contribution in [-0.2, 0) is 0 Å². The molecule has 0 N–H and O–H groups in total. The maximum absolute atomic E-state index is 5.59. The molecule has 18 heavy (non-hydrogen) atoms. The van der Waals surface area contributed by atoms with Crippen molar-refractivity contribution in [2.45, 2.75) is 13.3 Å². The quantitative estimate of drug-likeness (QED) is 0.545. The summed E-state index contributed by atoms with van der Waals surface area (Å²) in [6.07, 6.45) is 2.74. The Balaban J connectivity index is 2.07. The van der Waals surface area contributed by atoms with Crippen LogP contribution in [-0.4, -0.2) is 6.61 Å².